The van der Waals surface area contributed by atoms with Gasteiger partial charge in [-0.15, -0.1) is 0 Å². The quantitative estimate of drug-likeness (QED) is 0.729. The third kappa shape index (κ3) is 2.00. The van der Waals surface area contributed by atoms with E-state index in [1.54, 1.807) is 0 Å². The topological polar surface area (TPSA) is 35.2 Å². The summed E-state index contributed by atoms with van der Waals surface area (Å²) in [7, 11) is 0. The van der Waals surface area contributed by atoms with Gasteiger partial charge in [0.2, 0.25) is 0 Å². The number of anilines is 1. The van der Waals surface area contributed by atoms with Crippen LogP contribution in [0.3, 0.4) is 0 Å². The van der Waals surface area contributed by atoms with E-state index in [1.165, 1.54) is 25.7 Å². The molecule has 1 aliphatic rings. The van der Waals surface area contributed by atoms with Gasteiger partial charge < -0.3 is 10.5 Å². The van der Waals surface area contributed by atoms with Gasteiger partial charge in [0.25, 0.3) is 0 Å². The van der Waals surface area contributed by atoms with Crippen LogP contribution < -0.4 is 10.5 Å². The van der Waals surface area contributed by atoms with Crippen LogP contribution in [-0.4, -0.2) is 6.10 Å². The first-order valence-corrected chi connectivity index (χ1v) is 5.28. The summed E-state index contributed by atoms with van der Waals surface area (Å²) in [6.45, 7) is 2.01. The van der Waals surface area contributed by atoms with E-state index in [1.807, 2.05) is 25.1 Å². The molecule has 76 valence electrons. The molecule has 2 heteroatoms. The molecule has 0 aromatic heterocycles. The van der Waals surface area contributed by atoms with Crippen molar-refractivity contribution < 1.29 is 4.74 Å². The third-order valence-electron chi connectivity index (χ3n) is 2.86. The van der Waals surface area contributed by atoms with Crippen molar-refractivity contribution in [1.29, 1.82) is 0 Å². The highest BCUT2D eigenvalue weighted by Gasteiger charge is 2.16. The minimum Gasteiger partial charge on any atom is -0.490 e. The van der Waals surface area contributed by atoms with Crippen LogP contribution in [0, 0.1) is 6.92 Å². The highest BCUT2D eigenvalue weighted by atomic mass is 16.5. The SMILES string of the molecule is Cc1ccc(OC2CCCC2)cc1N. The highest BCUT2D eigenvalue weighted by molar-refractivity contribution is 5.50. The lowest BCUT2D eigenvalue weighted by molar-refractivity contribution is 0.210. The van der Waals surface area contributed by atoms with Crippen LogP contribution in [0.4, 0.5) is 5.69 Å². The summed E-state index contributed by atoms with van der Waals surface area (Å²) in [5.74, 6) is 0.917. The van der Waals surface area contributed by atoms with Gasteiger partial charge >= 0.3 is 0 Å². The van der Waals surface area contributed by atoms with Crippen LogP contribution in [0.1, 0.15) is 31.2 Å². The molecule has 2 nitrogen and oxygen atoms in total. The fourth-order valence-corrected chi connectivity index (χ4v) is 1.89. The molecule has 2 rings (SSSR count). The predicted molar refractivity (Wildman–Crippen MR) is 58.5 cm³/mol. The maximum absolute atomic E-state index is 5.83. The molecule has 0 amide bonds. The Bertz CT molecular complexity index is 316. The van der Waals surface area contributed by atoms with Gasteiger partial charge in [-0.3, -0.25) is 0 Å². The van der Waals surface area contributed by atoms with Crippen molar-refractivity contribution in [3.05, 3.63) is 23.8 Å². The van der Waals surface area contributed by atoms with Crippen LogP contribution in [-0.2, 0) is 0 Å². The lowest BCUT2D eigenvalue weighted by Gasteiger charge is -2.13. The molecule has 1 saturated carbocycles. The van der Waals surface area contributed by atoms with Crippen LogP contribution in [0.15, 0.2) is 18.2 Å². The summed E-state index contributed by atoms with van der Waals surface area (Å²) in [6, 6.07) is 5.94. The van der Waals surface area contributed by atoms with Crippen molar-refractivity contribution in [1.82, 2.24) is 0 Å². The Morgan fingerprint density at radius 1 is 1.29 bits per heavy atom. The van der Waals surface area contributed by atoms with Crippen LogP contribution in [0.25, 0.3) is 0 Å². The summed E-state index contributed by atoms with van der Waals surface area (Å²) >= 11 is 0. The van der Waals surface area contributed by atoms with Crippen LogP contribution in [0.5, 0.6) is 5.75 Å². The standard InChI is InChI=1S/C12H17NO/c1-9-6-7-11(8-12(9)13)14-10-4-2-3-5-10/h6-8,10H,2-5,13H2,1H3. The van der Waals surface area contributed by atoms with E-state index in [0.717, 1.165) is 17.0 Å². The summed E-state index contributed by atoms with van der Waals surface area (Å²) in [5.41, 5.74) is 7.75. The summed E-state index contributed by atoms with van der Waals surface area (Å²) in [4.78, 5) is 0. The van der Waals surface area contributed by atoms with Crippen molar-refractivity contribution in [2.75, 3.05) is 5.73 Å². The fraction of sp³-hybridized carbons (Fsp3) is 0.500. The number of rotatable bonds is 2. The number of benzene rings is 1. The van der Waals surface area contributed by atoms with Crippen molar-refractivity contribution in [2.24, 2.45) is 0 Å². The molecule has 14 heavy (non-hydrogen) atoms. The largest absolute Gasteiger partial charge is 0.490 e. The van der Waals surface area contributed by atoms with E-state index in [0.29, 0.717) is 6.10 Å². The first-order chi connectivity index (χ1) is 6.75. The Morgan fingerprint density at radius 2 is 2.00 bits per heavy atom. The molecule has 0 bridgehead atoms. The molecule has 0 radical (unpaired) electrons. The first kappa shape index (κ1) is 9.38. The number of nitrogen functional groups attached to an aromatic ring is 1. The predicted octanol–water partition coefficient (Wildman–Crippen LogP) is 2.90. The van der Waals surface area contributed by atoms with Gasteiger partial charge in [0.1, 0.15) is 5.75 Å². The lowest BCUT2D eigenvalue weighted by Crippen LogP contribution is -2.10. The van der Waals surface area contributed by atoms with Crippen molar-refractivity contribution >= 4 is 5.69 Å². The highest BCUT2D eigenvalue weighted by Crippen LogP contribution is 2.26. The molecule has 1 aromatic rings. The van der Waals surface area contributed by atoms with Gasteiger partial charge in [-0.2, -0.15) is 0 Å². The third-order valence-corrected chi connectivity index (χ3v) is 2.86. The van der Waals surface area contributed by atoms with E-state index < -0.39 is 0 Å². The van der Waals surface area contributed by atoms with Crippen molar-refractivity contribution in [3.8, 4) is 5.75 Å². The number of nitrogens with two attached hydrogens (primary N) is 1. The normalized spacial score (nSPS) is 17.2. The zero-order valence-electron chi connectivity index (χ0n) is 8.62. The lowest BCUT2D eigenvalue weighted by atomic mass is 10.2. The molecule has 0 spiro atoms. The second kappa shape index (κ2) is 3.91. The second-order valence-electron chi connectivity index (χ2n) is 4.04. The number of hydrogen-bond donors (Lipinski definition) is 1. The van der Waals surface area contributed by atoms with Gasteiger partial charge in [0, 0.05) is 11.8 Å². The Kier molecular flexibility index (Phi) is 2.62. The molecule has 0 heterocycles. The zero-order valence-corrected chi connectivity index (χ0v) is 8.62. The average Bonchev–Trinajstić information content (AvgIpc) is 2.64. The summed E-state index contributed by atoms with van der Waals surface area (Å²) in [6.07, 6.45) is 5.39. The van der Waals surface area contributed by atoms with Gasteiger partial charge in [0.15, 0.2) is 0 Å². The maximum atomic E-state index is 5.83. The Labute approximate surface area is 85.1 Å². The van der Waals surface area contributed by atoms with Gasteiger partial charge in [-0.1, -0.05) is 6.07 Å². The molecule has 1 fully saturated rings. The minimum atomic E-state index is 0.414. The van der Waals surface area contributed by atoms with Crippen LogP contribution >= 0.6 is 0 Å². The van der Waals surface area contributed by atoms with E-state index >= 15 is 0 Å². The monoisotopic (exact) mass is 191 g/mol. The van der Waals surface area contributed by atoms with E-state index in [2.05, 4.69) is 0 Å². The average molecular weight is 191 g/mol. The molecule has 1 aromatic carbocycles. The molecule has 0 atom stereocenters. The maximum Gasteiger partial charge on any atom is 0.121 e. The van der Waals surface area contributed by atoms with Crippen molar-refractivity contribution in [3.63, 3.8) is 0 Å². The first-order valence-electron chi connectivity index (χ1n) is 5.28. The fourth-order valence-electron chi connectivity index (χ4n) is 1.89. The number of aryl methyl sites for hydroxylation is 1. The zero-order chi connectivity index (χ0) is 9.97. The molecule has 0 saturated heterocycles. The Hall–Kier alpha value is -1.18. The molecular weight excluding hydrogens is 174 g/mol. The van der Waals surface area contributed by atoms with Crippen LogP contribution in [0.2, 0.25) is 0 Å². The molecule has 2 N–H and O–H groups in total. The van der Waals surface area contributed by atoms with Gasteiger partial charge in [-0.05, 0) is 44.2 Å². The smallest absolute Gasteiger partial charge is 0.121 e. The van der Waals surface area contributed by atoms with E-state index in [-0.39, 0.29) is 0 Å². The molecular formula is C12H17NO. The molecule has 0 aliphatic heterocycles. The Balaban J connectivity index is 2.05. The van der Waals surface area contributed by atoms with Gasteiger partial charge in [-0.25, -0.2) is 0 Å². The Morgan fingerprint density at radius 3 is 2.64 bits per heavy atom. The molecule has 1 aliphatic carbocycles. The summed E-state index contributed by atoms with van der Waals surface area (Å²) in [5, 5.41) is 0. The summed E-state index contributed by atoms with van der Waals surface area (Å²) < 4.78 is 5.83. The van der Waals surface area contributed by atoms with E-state index in [4.69, 9.17) is 10.5 Å². The number of ether oxygens (including phenoxy) is 1. The second-order valence-corrected chi connectivity index (χ2v) is 4.04. The van der Waals surface area contributed by atoms with Gasteiger partial charge in [0.05, 0.1) is 6.10 Å². The number of hydrogen-bond acceptors (Lipinski definition) is 2. The minimum absolute atomic E-state index is 0.414. The van der Waals surface area contributed by atoms with E-state index in [9.17, 15) is 0 Å². The molecule has 0 unspecified atom stereocenters. The van der Waals surface area contributed by atoms with Crippen molar-refractivity contribution in [2.45, 2.75) is 38.7 Å².